The van der Waals surface area contributed by atoms with E-state index in [1.165, 1.54) is 75.1 Å². The number of thiophene rings is 1. The molecule has 2 heteroatoms. The van der Waals surface area contributed by atoms with Gasteiger partial charge in [-0.25, -0.2) is 0 Å². The van der Waals surface area contributed by atoms with Crippen LogP contribution >= 0.6 is 11.3 Å². The SMILES string of the molecule is c1ccc2c3c(ccc2c1)C1(c2ccc4ccccc4c2O3)c2ccc3ccccc3c2-c2c1ccc1c2sc2ccccc21. The Morgan fingerprint density at radius 3 is 1.53 bits per heavy atom. The van der Waals surface area contributed by atoms with Gasteiger partial charge in [-0.15, -0.1) is 11.3 Å². The average Bonchev–Trinajstić information content (AvgIpc) is 3.62. The van der Waals surface area contributed by atoms with E-state index < -0.39 is 5.41 Å². The number of fused-ring (bicyclic) bond motifs is 19. The summed E-state index contributed by atoms with van der Waals surface area (Å²) < 4.78 is 9.83. The van der Waals surface area contributed by atoms with E-state index in [9.17, 15) is 0 Å². The summed E-state index contributed by atoms with van der Waals surface area (Å²) in [6.45, 7) is 0. The van der Waals surface area contributed by atoms with Crippen molar-refractivity contribution in [2.75, 3.05) is 0 Å². The Kier molecular flexibility index (Phi) is 4.46. The predicted molar refractivity (Wildman–Crippen MR) is 189 cm³/mol. The summed E-state index contributed by atoms with van der Waals surface area (Å²) in [4.78, 5) is 0. The first-order valence-electron chi connectivity index (χ1n) is 15.5. The smallest absolute Gasteiger partial charge is 0.140 e. The molecule has 0 saturated carbocycles. The van der Waals surface area contributed by atoms with Crippen LogP contribution in [0.1, 0.15) is 22.3 Å². The maximum Gasteiger partial charge on any atom is 0.140 e. The molecule has 2 aliphatic rings. The molecule has 1 aliphatic heterocycles. The Labute approximate surface area is 263 Å². The van der Waals surface area contributed by atoms with Crippen LogP contribution in [-0.4, -0.2) is 0 Å². The van der Waals surface area contributed by atoms with Crippen molar-refractivity contribution in [2.24, 2.45) is 0 Å². The van der Waals surface area contributed by atoms with E-state index in [1.54, 1.807) is 0 Å². The van der Waals surface area contributed by atoms with E-state index in [4.69, 9.17) is 4.74 Å². The molecule has 0 unspecified atom stereocenters. The normalized spacial score (nSPS) is 14.1. The molecule has 0 bridgehead atoms. The second-order valence-corrected chi connectivity index (χ2v) is 13.4. The molecule has 45 heavy (non-hydrogen) atoms. The number of hydrogen-bond acceptors (Lipinski definition) is 2. The summed E-state index contributed by atoms with van der Waals surface area (Å²) in [5, 5.41) is 9.89. The second kappa shape index (κ2) is 8.38. The van der Waals surface area contributed by atoms with E-state index in [0.717, 1.165) is 22.3 Å². The van der Waals surface area contributed by atoms with E-state index in [2.05, 4.69) is 146 Å². The van der Waals surface area contributed by atoms with Gasteiger partial charge in [0.2, 0.25) is 0 Å². The summed E-state index contributed by atoms with van der Waals surface area (Å²) in [6.07, 6.45) is 0. The fraction of sp³-hybridized carbons (Fsp3) is 0.0233. The first-order chi connectivity index (χ1) is 22.3. The van der Waals surface area contributed by atoms with Crippen LogP contribution in [0, 0.1) is 0 Å². The molecule has 0 atom stereocenters. The zero-order valence-electron chi connectivity index (χ0n) is 24.2. The molecule has 0 fully saturated rings. The molecule has 208 valence electrons. The summed E-state index contributed by atoms with van der Waals surface area (Å²) in [7, 11) is 0. The van der Waals surface area contributed by atoms with Crippen molar-refractivity contribution in [3.63, 3.8) is 0 Å². The maximum atomic E-state index is 7.15. The van der Waals surface area contributed by atoms with Crippen molar-refractivity contribution < 1.29 is 4.74 Å². The molecule has 1 aromatic heterocycles. The zero-order valence-corrected chi connectivity index (χ0v) is 25.0. The Bertz CT molecular complexity index is 2660. The molecule has 2 heterocycles. The van der Waals surface area contributed by atoms with E-state index in [0.29, 0.717) is 0 Å². The highest BCUT2D eigenvalue weighted by Gasteiger charge is 2.52. The third-order valence-electron chi connectivity index (χ3n) is 10.3. The molecule has 0 radical (unpaired) electrons. The number of rotatable bonds is 0. The summed E-state index contributed by atoms with van der Waals surface area (Å²) >= 11 is 1.92. The number of ether oxygens (including phenoxy) is 1. The monoisotopic (exact) mass is 588 g/mol. The van der Waals surface area contributed by atoms with Crippen LogP contribution in [0.4, 0.5) is 0 Å². The van der Waals surface area contributed by atoms with Crippen LogP contribution in [0.2, 0.25) is 0 Å². The van der Waals surface area contributed by atoms with Gasteiger partial charge in [0.05, 0.1) is 5.41 Å². The van der Waals surface area contributed by atoms with Crippen molar-refractivity contribution in [1.29, 1.82) is 0 Å². The van der Waals surface area contributed by atoms with Crippen LogP contribution in [0.5, 0.6) is 11.5 Å². The highest BCUT2D eigenvalue weighted by molar-refractivity contribution is 7.26. The molecule has 8 aromatic carbocycles. The standard InChI is InChI=1S/C43H24OS/c1-4-12-28-25(9-1)17-21-33-38(28)39-34(24-20-32-31-15-7-8-16-37(31)45-42(32)39)43(33)35-22-18-26-10-2-5-13-29(26)40(35)44-41-30-14-6-3-11-27(30)19-23-36(41)43/h1-24H. The topological polar surface area (TPSA) is 9.23 Å². The third-order valence-corrected chi connectivity index (χ3v) is 11.5. The molecule has 11 rings (SSSR count). The Hall–Kier alpha value is -5.44. The molecule has 1 spiro atoms. The minimum absolute atomic E-state index is 0.546. The highest BCUT2D eigenvalue weighted by atomic mass is 32.1. The third kappa shape index (κ3) is 2.85. The fourth-order valence-corrected chi connectivity index (χ4v) is 9.73. The second-order valence-electron chi connectivity index (χ2n) is 12.4. The molecule has 0 amide bonds. The van der Waals surface area contributed by atoms with Gasteiger partial charge in [0.25, 0.3) is 0 Å². The van der Waals surface area contributed by atoms with Gasteiger partial charge in [0.1, 0.15) is 11.5 Å². The summed E-state index contributed by atoms with van der Waals surface area (Å²) in [5.41, 5.74) is 7.25. The predicted octanol–water partition coefficient (Wildman–Crippen LogP) is 12.0. The van der Waals surface area contributed by atoms with Crippen molar-refractivity contribution >= 4 is 63.8 Å². The Morgan fingerprint density at radius 2 is 0.867 bits per heavy atom. The first kappa shape index (κ1) is 23.9. The summed E-state index contributed by atoms with van der Waals surface area (Å²) in [5.74, 6) is 1.92. The molecule has 0 saturated heterocycles. The highest BCUT2D eigenvalue weighted by Crippen LogP contribution is 2.66. The molecular weight excluding hydrogens is 565 g/mol. The minimum atomic E-state index is -0.546. The molecular formula is C43H24OS. The van der Waals surface area contributed by atoms with Crippen LogP contribution in [0.15, 0.2) is 146 Å². The fourth-order valence-electron chi connectivity index (χ4n) is 8.47. The van der Waals surface area contributed by atoms with E-state index in [1.807, 2.05) is 11.3 Å². The summed E-state index contributed by atoms with van der Waals surface area (Å²) in [6, 6.07) is 53.8. The van der Waals surface area contributed by atoms with Gasteiger partial charge >= 0.3 is 0 Å². The maximum absolute atomic E-state index is 7.15. The number of hydrogen-bond donors (Lipinski definition) is 0. The lowest BCUT2D eigenvalue weighted by molar-refractivity contribution is 0.447. The van der Waals surface area contributed by atoms with Gasteiger partial charge in [-0.05, 0) is 44.3 Å². The lowest BCUT2D eigenvalue weighted by Crippen LogP contribution is -2.32. The largest absolute Gasteiger partial charge is 0.455 e. The van der Waals surface area contributed by atoms with Crippen molar-refractivity contribution in [3.05, 3.63) is 168 Å². The average molecular weight is 589 g/mol. The van der Waals surface area contributed by atoms with Gasteiger partial charge in [-0.1, -0.05) is 140 Å². The lowest BCUT2D eigenvalue weighted by atomic mass is 9.65. The van der Waals surface area contributed by atoms with Gasteiger partial charge in [0, 0.05) is 47.6 Å². The quantitative estimate of drug-likeness (QED) is 0.171. The van der Waals surface area contributed by atoms with Crippen molar-refractivity contribution in [1.82, 2.24) is 0 Å². The zero-order chi connectivity index (χ0) is 29.3. The Balaban J connectivity index is 1.42. The van der Waals surface area contributed by atoms with Gasteiger partial charge in [-0.3, -0.25) is 0 Å². The van der Waals surface area contributed by atoms with E-state index in [-0.39, 0.29) is 0 Å². The minimum Gasteiger partial charge on any atom is -0.455 e. The first-order valence-corrected chi connectivity index (χ1v) is 16.3. The van der Waals surface area contributed by atoms with Crippen LogP contribution in [0.3, 0.4) is 0 Å². The van der Waals surface area contributed by atoms with E-state index >= 15 is 0 Å². The van der Waals surface area contributed by atoms with Gasteiger partial charge in [0.15, 0.2) is 0 Å². The van der Waals surface area contributed by atoms with Crippen LogP contribution < -0.4 is 4.74 Å². The lowest BCUT2D eigenvalue weighted by Gasteiger charge is -2.40. The van der Waals surface area contributed by atoms with Gasteiger partial charge in [-0.2, -0.15) is 0 Å². The molecule has 1 aliphatic carbocycles. The number of benzene rings is 8. The Morgan fingerprint density at radius 1 is 0.378 bits per heavy atom. The van der Waals surface area contributed by atoms with Crippen molar-refractivity contribution in [3.8, 4) is 22.6 Å². The van der Waals surface area contributed by atoms with Crippen molar-refractivity contribution in [2.45, 2.75) is 5.41 Å². The molecule has 0 N–H and O–H groups in total. The molecule has 9 aromatic rings. The van der Waals surface area contributed by atoms with Crippen LogP contribution in [0.25, 0.3) is 63.6 Å². The molecule has 1 nitrogen and oxygen atoms in total. The van der Waals surface area contributed by atoms with Crippen LogP contribution in [-0.2, 0) is 5.41 Å². The van der Waals surface area contributed by atoms with Gasteiger partial charge < -0.3 is 4.74 Å².